The van der Waals surface area contributed by atoms with E-state index in [-0.39, 0.29) is 29.8 Å². The number of rotatable bonds is 3. The van der Waals surface area contributed by atoms with Gasteiger partial charge in [0.2, 0.25) is 15.9 Å². The number of hydrogen-bond acceptors (Lipinski definition) is 3. The zero-order valence-electron chi connectivity index (χ0n) is 14.9. The van der Waals surface area contributed by atoms with E-state index in [0.29, 0.717) is 18.9 Å². The van der Waals surface area contributed by atoms with Crippen LogP contribution in [0.1, 0.15) is 37.7 Å². The van der Waals surface area contributed by atoms with Crippen LogP contribution in [0.5, 0.6) is 0 Å². The molecule has 0 aromatic heterocycles. The summed E-state index contributed by atoms with van der Waals surface area (Å²) in [5.74, 6) is -0.137. The lowest BCUT2D eigenvalue weighted by Crippen LogP contribution is -2.45. The highest BCUT2D eigenvalue weighted by Crippen LogP contribution is 2.32. The lowest BCUT2D eigenvalue weighted by Gasteiger charge is -2.35. The third kappa shape index (κ3) is 4.45. The highest BCUT2D eigenvalue weighted by Gasteiger charge is 2.36. The number of hydrogen-bond donors (Lipinski definition) is 0. The largest absolute Gasteiger partial charge is 0.416 e. The fourth-order valence-electron chi connectivity index (χ4n) is 3.70. The number of piperidine rings is 2. The quantitative estimate of drug-likeness (QED) is 0.778. The van der Waals surface area contributed by atoms with Gasteiger partial charge in [0, 0.05) is 32.1 Å². The van der Waals surface area contributed by atoms with Crippen molar-refractivity contribution >= 4 is 15.9 Å². The molecule has 0 spiro atoms. The monoisotopic (exact) mass is 404 g/mol. The van der Waals surface area contributed by atoms with Crippen LogP contribution in [0.15, 0.2) is 29.2 Å². The highest BCUT2D eigenvalue weighted by atomic mass is 32.2. The Hall–Kier alpha value is -1.61. The Kier molecular flexibility index (Phi) is 5.81. The van der Waals surface area contributed by atoms with Crippen LogP contribution < -0.4 is 0 Å². The van der Waals surface area contributed by atoms with E-state index in [2.05, 4.69) is 0 Å². The maximum absolute atomic E-state index is 12.9. The molecule has 0 bridgehead atoms. The molecule has 3 rings (SSSR count). The predicted octanol–water partition coefficient (Wildman–Crippen LogP) is 3.12. The Bertz CT molecular complexity index is 781. The van der Waals surface area contributed by atoms with Crippen molar-refractivity contribution in [2.24, 2.45) is 5.92 Å². The van der Waals surface area contributed by atoms with Crippen LogP contribution in [-0.2, 0) is 21.0 Å². The molecule has 27 heavy (non-hydrogen) atoms. The van der Waals surface area contributed by atoms with Crippen LogP contribution >= 0.6 is 0 Å². The van der Waals surface area contributed by atoms with Crippen molar-refractivity contribution < 1.29 is 26.4 Å². The number of benzene rings is 1. The van der Waals surface area contributed by atoms with E-state index in [4.69, 9.17) is 0 Å². The lowest BCUT2D eigenvalue weighted by molar-refractivity contribution is -0.138. The standard InChI is InChI=1S/C18H23F3N2O3S/c19-18(20,21)15-5-4-6-16(13-15)27(25,26)23-11-7-14(8-12-23)17(24)22-9-2-1-3-10-22/h4-6,13-14H,1-3,7-12H2. The second kappa shape index (κ2) is 7.79. The minimum atomic E-state index is -4.60. The summed E-state index contributed by atoms with van der Waals surface area (Å²) in [5.41, 5.74) is -0.987. The number of carbonyl (C=O) groups is 1. The van der Waals surface area contributed by atoms with Gasteiger partial charge in [-0.05, 0) is 50.3 Å². The number of sulfonamides is 1. The first kappa shape index (κ1) is 20.1. The molecular weight excluding hydrogens is 381 g/mol. The Morgan fingerprint density at radius 3 is 2.22 bits per heavy atom. The minimum Gasteiger partial charge on any atom is -0.342 e. The Balaban J connectivity index is 1.67. The molecule has 2 heterocycles. The van der Waals surface area contributed by atoms with E-state index in [1.165, 1.54) is 10.4 Å². The van der Waals surface area contributed by atoms with Gasteiger partial charge in [0.05, 0.1) is 10.5 Å². The van der Waals surface area contributed by atoms with Gasteiger partial charge in [-0.3, -0.25) is 4.79 Å². The van der Waals surface area contributed by atoms with E-state index < -0.39 is 21.8 Å². The van der Waals surface area contributed by atoms with E-state index in [1.807, 2.05) is 4.90 Å². The molecule has 0 atom stereocenters. The van der Waals surface area contributed by atoms with Crippen LogP contribution in [0.3, 0.4) is 0 Å². The molecule has 1 aromatic rings. The van der Waals surface area contributed by atoms with Crippen molar-refractivity contribution in [3.05, 3.63) is 29.8 Å². The summed E-state index contributed by atoms with van der Waals surface area (Å²) in [7, 11) is -4.01. The first-order valence-corrected chi connectivity index (χ1v) is 10.6. The fourth-order valence-corrected chi connectivity index (χ4v) is 5.21. The van der Waals surface area contributed by atoms with Crippen LogP contribution in [0, 0.1) is 5.92 Å². The van der Waals surface area contributed by atoms with Crippen molar-refractivity contribution in [1.82, 2.24) is 9.21 Å². The van der Waals surface area contributed by atoms with E-state index in [9.17, 15) is 26.4 Å². The smallest absolute Gasteiger partial charge is 0.342 e. The van der Waals surface area contributed by atoms with Gasteiger partial charge >= 0.3 is 6.18 Å². The summed E-state index contributed by atoms with van der Waals surface area (Å²) in [6.07, 6.45) is -0.694. The molecule has 0 N–H and O–H groups in total. The van der Waals surface area contributed by atoms with Crippen molar-refractivity contribution in [3.63, 3.8) is 0 Å². The van der Waals surface area contributed by atoms with Gasteiger partial charge in [-0.2, -0.15) is 17.5 Å². The van der Waals surface area contributed by atoms with Crippen molar-refractivity contribution in [2.75, 3.05) is 26.2 Å². The summed E-state index contributed by atoms with van der Waals surface area (Å²) < 4.78 is 65.2. The molecule has 2 fully saturated rings. The van der Waals surface area contributed by atoms with Crippen molar-refractivity contribution in [2.45, 2.75) is 43.2 Å². The molecule has 0 aliphatic carbocycles. The van der Waals surface area contributed by atoms with Crippen LogP contribution in [0.2, 0.25) is 0 Å². The van der Waals surface area contributed by atoms with Gasteiger partial charge in [-0.1, -0.05) is 6.07 Å². The summed E-state index contributed by atoms with van der Waals surface area (Å²) in [6.45, 7) is 1.79. The summed E-state index contributed by atoms with van der Waals surface area (Å²) in [4.78, 5) is 14.1. The first-order chi connectivity index (χ1) is 12.7. The molecule has 150 valence electrons. The van der Waals surface area contributed by atoms with Crippen molar-refractivity contribution in [3.8, 4) is 0 Å². The van der Waals surface area contributed by atoms with E-state index in [1.54, 1.807) is 0 Å². The van der Waals surface area contributed by atoms with Gasteiger partial charge in [0.25, 0.3) is 0 Å². The first-order valence-electron chi connectivity index (χ1n) is 9.16. The van der Waals surface area contributed by atoms with Gasteiger partial charge in [0.15, 0.2) is 0 Å². The second-order valence-corrected chi connectivity index (χ2v) is 9.03. The summed E-state index contributed by atoms with van der Waals surface area (Å²) >= 11 is 0. The maximum atomic E-state index is 12.9. The van der Waals surface area contributed by atoms with Crippen LogP contribution in [0.25, 0.3) is 0 Å². The maximum Gasteiger partial charge on any atom is 0.416 e. The molecule has 1 aromatic carbocycles. The number of nitrogens with zero attached hydrogens (tertiary/aromatic N) is 2. The van der Waals surface area contributed by atoms with Gasteiger partial charge in [-0.25, -0.2) is 8.42 Å². The predicted molar refractivity (Wildman–Crippen MR) is 93.4 cm³/mol. The molecule has 0 saturated carbocycles. The molecule has 5 nitrogen and oxygen atoms in total. The summed E-state index contributed by atoms with van der Waals surface area (Å²) in [5, 5.41) is 0. The normalized spacial score (nSPS) is 20.6. The van der Waals surface area contributed by atoms with Gasteiger partial charge < -0.3 is 4.90 Å². The van der Waals surface area contributed by atoms with Gasteiger partial charge in [-0.15, -0.1) is 0 Å². The lowest BCUT2D eigenvalue weighted by atomic mass is 9.95. The average molecular weight is 404 g/mol. The minimum absolute atomic E-state index is 0.0748. The topological polar surface area (TPSA) is 57.7 Å². The number of likely N-dealkylation sites (tertiary alicyclic amines) is 1. The van der Waals surface area contributed by atoms with Crippen LogP contribution in [0.4, 0.5) is 13.2 Å². The molecular formula is C18H23F3N2O3S. The van der Waals surface area contributed by atoms with E-state index >= 15 is 0 Å². The zero-order chi connectivity index (χ0) is 19.7. The van der Waals surface area contributed by atoms with Crippen molar-refractivity contribution in [1.29, 1.82) is 0 Å². The number of amides is 1. The third-order valence-electron chi connectivity index (χ3n) is 5.27. The number of alkyl halides is 3. The Morgan fingerprint density at radius 2 is 1.63 bits per heavy atom. The Morgan fingerprint density at radius 1 is 1.00 bits per heavy atom. The number of halogens is 3. The average Bonchev–Trinajstić information content (AvgIpc) is 2.67. The molecule has 2 saturated heterocycles. The molecule has 0 radical (unpaired) electrons. The van der Waals surface area contributed by atoms with Gasteiger partial charge in [0.1, 0.15) is 0 Å². The molecule has 2 aliphatic heterocycles. The summed E-state index contributed by atoms with van der Waals surface area (Å²) in [6, 6.07) is 3.79. The molecule has 9 heteroatoms. The molecule has 0 unspecified atom stereocenters. The fraction of sp³-hybridized carbons (Fsp3) is 0.611. The Labute approximate surface area is 157 Å². The number of carbonyl (C=O) groups excluding carboxylic acids is 1. The highest BCUT2D eigenvalue weighted by molar-refractivity contribution is 7.89. The zero-order valence-corrected chi connectivity index (χ0v) is 15.7. The SMILES string of the molecule is O=C(C1CCN(S(=O)(=O)c2cccc(C(F)(F)F)c2)CC1)N1CCCCC1. The molecule has 2 aliphatic rings. The second-order valence-electron chi connectivity index (χ2n) is 7.09. The van der Waals surface area contributed by atoms with Crippen LogP contribution in [-0.4, -0.2) is 49.7 Å². The third-order valence-corrected chi connectivity index (χ3v) is 7.16. The van der Waals surface area contributed by atoms with E-state index in [0.717, 1.165) is 44.5 Å². The molecule has 1 amide bonds.